The Morgan fingerprint density at radius 3 is 2.54 bits per heavy atom. The number of likely N-dealkylation sites (tertiary alicyclic amines) is 1. The normalized spacial score (nSPS) is 27.4. The molecule has 3 fully saturated rings. The first-order valence-electron chi connectivity index (χ1n) is 9.32. The van der Waals surface area contributed by atoms with E-state index in [0.717, 1.165) is 50.3 Å². The zero-order chi connectivity index (χ0) is 20.5. The molecule has 1 saturated carbocycles. The van der Waals surface area contributed by atoms with Crippen molar-refractivity contribution in [2.24, 2.45) is 11.8 Å². The molecule has 1 aromatic rings. The van der Waals surface area contributed by atoms with Gasteiger partial charge in [-0.05, 0) is 32.6 Å². The van der Waals surface area contributed by atoms with Crippen LogP contribution in [0.25, 0.3) is 0 Å². The molecular weight excluding hydrogens is 381 g/mol. The second-order valence-corrected chi connectivity index (χ2v) is 7.62. The van der Waals surface area contributed by atoms with E-state index in [-0.39, 0.29) is 0 Å². The molecule has 28 heavy (non-hydrogen) atoms. The molecule has 0 radical (unpaired) electrons. The molecule has 3 atom stereocenters. The molecule has 0 spiro atoms. The number of ether oxygens (including phenoxy) is 2. The van der Waals surface area contributed by atoms with Gasteiger partial charge in [0.15, 0.2) is 0 Å². The zero-order valence-corrected chi connectivity index (χ0v) is 15.9. The first kappa shape index (κ1) is 21.1. The number of hydrogen-bond acceptors (Lipinski definition) is 6. The maximum Gasteiger partial charge on any atom is 0.490 e. The molecule has 2 saturated heterocycles. The van der Waals surface area contributed by atoms with Crippen LogP contribution < -0.4 is 0 Å². The van der Waals surface area contributed by atoms with Crippen LogP contribution in [0.3, 0.4) is 0 Å². The summed E-state index contributed by atoms with van der Waals surface area (Å²) in [6, 6.07) is 0.489. The highest BCUT2D eigenvalue weighted by Gasteiger charge is 2.46. The van der Waals surface area contributed by atoms with Gasteiger partial charge in [0, 0.05) is 37.2 Å². The van der Waals surface area contributed by atoms with Gasteiger partial charge in [-0.1, -0.05) is 5.16 Å². The largest absolute Gasteiger partial charge is 0.490 e. The summed E-state index contributed by atoms with van der Waals surface area (Å²) in [5, 5.41) is 11.2. The minimum Gasteiger partial charge on any atom is -0.475 e. The molecule has 4 rings (SSSR count). The molecule has 1 N–H and O–H groups in total. The van der Waals surface area contributed by atoms with Gasteiger partial charge in [-0.15, -0.1) is 0 Å². The summed E-state index contributed by atoms with van der Waals surface area (Å²) < 4.78 is 48.9. The van der Waals surface area contributed by atoms with Crippen molar-refractivity contribution in [3.05, 3.63) is 17.0 Å². The smallest absolute Gasteiger partial charge is 0.475 e. The second-order valence-electron chi connectivity index (χ2n) is 7.62. The number of carbonyl (C=O) groups is 1. The van der Waals surface area contributed by atoms with Crippen molar-refractivity contribution >= 4 is 5.97 Å². The molecule has 0 bridgehead atoms. The number of carboxylic acid groups (broad SMARTS) is 1. The molecule has 3 heterocycles. The summed E-state index contributed by atoms with van der Waals surface area (Å²) in [6.07, 6.45) is -2.06. The van der Waals surface area contributed by atoms with E-state index in [1.165, 1.54) is 18.4 Å². The van der Waals surface area contributed by atoms with E-state index >= 15 is 0 Å². The van der Waals surface area contributed by atoms with Gasteiger partial charge in [-0.25, -0.2) is 4.79 Å². The molecule has 7 nitrogen and oxygen atoms in total. The van der Waals surface area contributed by atoms with Gasteiger partial charge >= 0.3 is 12.1 Å². The van der Waals surface area contributed by atoms with Crippen molar-refractivity contribution in [1.82, 2.24) is 10.1 Å². The van der Waals surface area contributed by atoms with Crippen LogP contribution in [0.4, 0.5) is 13.2 Å². The number of halogens is 3. The number of aromatic nitrogens is 1. The Balaban J connectivity index is 0.000000279. The van der Waals surface area contributed by atoms with E-state index < -0.39 is 12.1 Å². The topological polar surface area (TPSA) is 85.0 Å². The van der Waals surface area contributed by atoms with Crippen molar-refractivity contribution in [2.45, 2.75) is 51.6 Å². The minimum atomic E-state index is -5.08. The number of carboxylic acids is 1. The van der Waals surface area contributed by atoms with Crippen LogP contribution in [0.2, 0.25) is 0 Å². The molecule has 0 aromatic carbocycles. The number of nitrogens with zero attached hydrogens (tertiary/aromatic N) is 2. The molecule has 0 amide bonds. The fourth-order valence-electron chi connectivity index (χ4n) is 3.63. The van der Waals surface area contributed by atoms with Crippen LogP contribution in [-0.2, 0) is 20.8 Å². The summed E-state index contributed by atoms with van der Waals surface area (Å²) in [4.78, 5) is 11.4. The Morgan fingerprint density at radius 2 is 2.00 bits per heavy atom. The quantitative estimate of drug-likeness (QED) is 0.804. The molecule has 10 heteroatoms. The molecule has 2 aliphatic heterocycles. The van der Waals surface area contributed by atoms with E-state index in [4.69, 9.17) is 23.9 Å². The van der Waals surface area contributed by atoms with E-state index in [9.17, 15) is 13.2 Å². The van der Waals surface area contributed by atoms with Crippen LogP contribution in [-0.4, -0.2) is 65.8 Å². The van der Waals surface area contributed by atoms with E-state index in [1.54, 1.807) is 0 Å². The fraction of sp³-hybridized carbons (Fsp3) is 0.778. The van der Waals surface area contributed by atoms with Crippen molar-refractivity contribution in [2.75, 3.05) is 26.4 Å². The summed E-state index contributed by atoms with van der Waals surface area (Å²) in [7, 11) is 0. The molecule has 158 valence electrons. The van der Waals surface area contributed by atoms with Crippen molar-refractivity contribution in [1.29, 1.82) is 0 Å². The average Bonchev–Trinajstić information content (AvgIpc) is 3.08. The molecule has 3 aliphatic rings. The predicted molar refractivity (Wildman–Crippen MR) is 90.6 cm³/mol. The summed E-state index contributed by atoms with van der Waals surface area (Å²) in [5.41, 5.74) is 2.23. The lowest BCUT2D eigenvalue weighted by Gasteiger charge is -2.21. The monoisotopic (exact) mass is 406 g/mol. The van der Waals surface area contributed by atoms with Gasteiger partial charge in [-0.3, -0.25) is 4.90 Å². The maximum absolute atomic E-state index is 10.6. The predicted octanol–water partition coefficient (Wildman–Crippen LogP) is 2.55. The summed E-state index contributed by atoms with van der Waals surface area (Å²) in [6.45, 7) is 8.54. The Hall–Kier alpha value is -1.65. The third-order valence-corrected chi connectivity index (χ3v) is 5.48. The first-order chi connectivity index (χ1) is 13.2. The Bertz CT molecular complexity index is 670. The SMILES string of the molecule is Cc1noc(C)c1CN1C[C@H](OCC2CC2)[C@H]2COC[C@H]21.O=C(O)C(F)(F)F. The van der Waals surface area contributed by atoms with Crippen LogP contribution in [0.15, 0.2) is 4.52 Å². The molecule has 1 aromatic heterocycles. The lowest BCUT2D eigenvalue weighted by atomic mass is 10.0. The molecular formula is C18H25F3N2O5. The van der Waals surface area contributed by atoms with Crippen molar-refractivity contribution in [3.8, 4) is 0 Å². The molecule has 0 unspecified atom stereocenters. The highest BCUT2D eigenvalue weighted by Crippen LogP contribution is 2.36. The fourth-order valence-corrected chi connectivity index (χ4v) is 3.63. The van der Waals surface area contributed by atoms with Gasteiger partial charge in [-0.2, -0.15) is 13.2 Å². The number of aliphatic carboxylic acids is 1. The van der Waals surface area contributed by atoms with Crippen LogP contribution in [0, 0.1) is 25.7 Å². The average molecular weight is 406 g/mol. The lowest BCUT2D eigenvalue weighted by molar-refractivity contribution is -0.192. The number of aryl methyl sites for hydroxylation is 2. The Labute approximate surface area is 160 Å². The van der Waals surface area contributed by atoms with Gasteiger partial charge < -0.3 is 19.1 Å². The zero-order valence-electron chi connectivity index (χ0n) is 15.9. The standard InChI is InChI=1S/C16H24N2O3.C2HF3O2/c1-10-13(11(2)21-17-10)5-18-6-16(20-7-12-3-4-12)14-8-19-9-15(14)18;3-2(4,5)1(6)7/h12,14-16H,3-9H2,1-2H3;(H,6,7)/t14-,15+,16-;/m0./s1. The second kappa shape index (κ2) is 8.38. The summed E-state index contributed by atoms with van der Waals surface area (Å²) in [5.74, 6) is -0.468. The first-order valence-corrected chi connectivity index (χ1v) is 9.32. The van der Waals surface area contributed by atoms with Gasteiger partial charge in [0.05, 0.1) is 25.0 Å². The van der Waals surface area contributed by atoms with Gasteiger partial charge in [0.25, 0.3) is 0 Å². The third kappa shape index (κ3) is 5.03. The lowest BCUT2D eigenvalue weighted by Crippen LogP contribution is -2.32. The minimum absolute atomic E-state index is 0.332. The highest BCUT2D eigenvalue weighted by molar-refractivity contribution is 5.73. The molecule has 1 aliphatic carbocycles. The third-order valence-electron chi connectivity index (χ3n) is 5.48. The van der Waals surface area contributed by atoms with E-state index in [2.05, 4.69) is 10.1 Å². The number of hydrogen-bond donors (Lipinski definition) is 1. The number of fused-ring (bicyclic) bond motifs is 1. The number of alkyl halides is 3. The van der Waals surface area contributed by atoms with Gasteiger partial charge in [0.1, 0.15) is 5.76 Å². The number of rotatable bonds is 5. The Morgan fingerprint density at radius 1 is 1.32 bits per heavy atom. The van der Waals surface area contributed by atoms with Crippen LogP contribution in [0.1, 0.15) is 29.9 Å². The van der Waals surface area contributed by atoms with Crippen LogP contribution in [0.5, 0.6) is 0 Å². The van der Waals surface area contributed by atoms with Gasteiger partial charge in [0.2, 0.25) is 0 Å². The van der Waals surface area contributed by atoms with Crippen LogP contribution >= 0.6 is 0 Å². The van der Waals surface area contributed by atoms with Crippen molar-refractivity contribution < 1.29 is 37.1 Å². The Kier molecular flexibility index (Phi) is 6.31. The van der Waals surface area contributed by atoms with E-state index in [0.29, 0.717) is 18.1 Å². The van der Waals surface area contributed by atoms with E-state index in [1.807, 2.05) is 13.8 Å². The highest BCUT2D eigenvalue weighted by atomic mass is 19.4. The summed E-state index contributed by atoms with van der Waals surface area (Å²) >= 11 is 0. The van der Waals surface area contributed by atoms with Crippen molar-refractivity contribution in [3.63, 3.8) is 0 Å². The maximum atomic E-state index is 10.6.